The van der Waals surface area contributed by atoms with E-state index >= 15 is 0 Å². The predicted molar refractivity (Wildman–Crippen MR) is 123 cm³/mol. The van der Waals surface area contributed by atoms with E-state index in [1.54, 1.807) is 18.2 Å². The normalized spacial score (nSPS) is 17.6. The molecule has 7 nitrogen and oxygen atoms in total. The van der Waals surface area contributed by atoms with Crippen LogP contribution in [0.4, 0.5) is 5.13 Å². The molecule has 0 radical (unpaired) electrons. The fourth-order valence-electron chi connectivity index (χ4n) is 3.70. The number of nitrogens with zero attached hydrogens (tertiary/aromatic N) is 2. The zero-order chi connectivity index (χ0) is 22.2. The Morgan fingerprint density at radius 1 is 1.26 bits per heavy atom. The van der Waals surface area contributed by atoms with Gasteiger partial charge in [-0.3, -0.25) is 10.1 Å². The minimum Gasteiger partial charge on any atom is -0.495 e. The van der Waals surface area contributed by atoms with Gasteiger partial charge in [0.2, 0.25) is 10.0 Å². The molecule has 0 aliphatic carbocycles. The summed E-state index contributed by atoms with van der Waals surface area (Å²) in [6, 6.07) is 9.61. The lowest BCUT2D eigenvalue weighted by Crippen LogP contribution is -2.42. The Kier molecular flexibility index (Phi) is 6.20. The standard InChI is InChI=1S/C21H22ClN3O4S2/c1-13-5-3-4-10-25(13)31(27,28)19-11-14(6-9-17(19)29-2)20(26)24-21-23-16-8-7-15(22)12-18(16)30-21/h6-9,11-13H,3-5,10H2,1-2H3,(H,23,24,26). The van der Waals surface area contributed by atoms with Crippen molar-refractivity contribution < 1.29 is 17.9 Å². The average Bonchev–Trinajstić information content (AvgIpc) is 3.14. The molecule has 1 amide bonds. The van der Waals surface area contributed by atoms with Crippen molar-refractivity contribution in [2.24, 2.45) is 0 Å². The highest BCUT2D eigenvalue weighted by Gasteiger charge is 2.33. The van der Waals surface area contributed by atoms with Gasteiger partial charge in [0.15, 0.2) is 5.13 Å². The number of anilines is 1. The molecule has 0 bridgehead atoms. The van der Waals surface area contributed by atoms with Gasteiger partial charge >= 0.3 is 0 Å². The molecule has 1 atom stereocenters. The van der Waals surface area contributed by atoms with Crippen LogP contribution in [-0.2, 0) is 10.0 Å². The zero-order valence-electron chi connectivity index (χ0n) is 17.1. The van der Waals surface area contributed by atoms with Gasteiger partial charge in [-0.25, -0.2) is 13.4 Å². The maximum Gasteiger partial charge on any atom is 0.257 e. The third kappa shape index (κ3) is 4.41. The van der Waals surface area contributed by atoms with Gasteiger partial charge in [0.1, 0.15) is 10.6 Å². The van der Waals surface area contributed by atoms with Crippen LogP contribution in [0.15, 0.2) is 41.3 Å². The number of benzene rings is 2. The monoisotopic (exact) mass is 479 g/mol. The molecular weight excluding hydrogens is 458 g/mol. The molecule has 2 heterocycles. The molecule has 1 aliphatic rings. The molecule has 3 aromatic rings. The van der Waals surface area contributed by atoms with Crippen LogP contribution in [0.1, 0.15) is 36.5 Å². The van der Waals surface area contributed by atoms with Gasteiger partial charge in [-0.2, -0.15) is 4.31 Å². The van der Waals surface area contributed by atoms with E-state index in [1.165, 1.54) is 41.0 Å². The topological polar surface area (TPSA) is 88.6 Å². The average molecular weight is 480 g/mol. The predicted octanol–water partition coefficient (Wildman–Crippen LogP) is 4.77. The summed E-state index contributed by atoms with van der Waals surface area (Å²) in [6.07, 6.45) is 2.62. The first-order valence-corrected chi connectivity index (χ1v) is 12.5. The van der Waals surface area contributed by atoms with Crippen molar-refractivity contribution in [2.45, 2.75) is 37.1 Å². The number of fused-ring (bicyclic) bond motifs is 1. The first-order valence-electron chi connectivity index (χ1n) is 9.87. The Morgan fingerprint density at radius 3 is 2.81 bits per heavy atom. The Balaban J connectivity index is 1.65. The lowest BCUT2D eigenvalue weighted by Gasteiger charge is -2.32. The number of piperidine rings is 1. The largest absolute Gasteiger partial charge is 0.495 e. The van der Waals surface area contributed by atoms with Gasteiger partial charge in [-0.1, -0.05) is 29.4 Å². The fraction of sp³-hybridized carbons (Fsp3) is 0.333. The molecule has 1 aromatic heterocycles. The zero-order valence-corrected chi connectivity index (χ0v) is 19.5. The van der Waals surface area contributed by atoms with Crippen LogP contribution in [0.25, 0.3) is 10.2 Å². The van der Waals surface area contributed by atoms with Crippen molar-refractivity contribution in [2.75, 3.05) is 19.0 Å². The number of rotatable bonds is 5. The van der Waals surface area contributed by atoms with E-state index in [1.807, 2.05) is 6.92 Å². The number of aromatic nitrogens is 1. The van der Waals surface area contributed by atoms with E-state index in [2.05, 4.69) is 10.3 Å². The van der Waals surface area contributed by atoms with E-state index in [0.29, 0.717) is 16.7 Å². The quantitative estimate of drug-likeness (QED) is 0.569. The number of amides is 1. The van der Waals surface area contributed by atoms with Crippen LogP contribution >= 0.6 is 22.9 Å². The summed E-state index contributed by atoms with van der Waals surface area (Å²) in [4.78, 5) is 17.2. The summed E-state index contributed by atoms with van der Waals surface area (Å²) in [6.45, 7) is 2.36. The van der Waals surface area contributed by atoms with E-state index in [-0.39, 0.29) is 22.3 Å². The third-order valence-electron chi connectivity index (χ3n) is 5.33. The Hall–Kier alpha value is -2.20. The number of sulfonamides is 1. The molecule has 10 heteroatoms. The van der Waals surface area contributed by atoms with Crippen LogP contribution in [0.5, 0.6) is 5.75 Å². The molecule has 1 unspecified atom stereocenters. The highest BCUT2D eigenvalue weighted by atomic mass is 35.5. The van der Waals surface area contributed by atoms with Crippen LogP contribution in [0.3, 0.4) is 0 Å². The second-order valence-electron chi connectivity index (χ2n) is 7.41. The molecule has 1 N–H and O–H groups in total. The summed E-state index contributed by atoms with van der Waals surface area (Å²) < 4.78 is 34.3. The number of nitrogens with one attached hydrogen (secondary N) is 1. The number of carbonyl (C=O) groups is 1. The highest BCUT2D eigenvalue weighted by Crippen LogP contribution is 2.33. The van der Waals surface area contributed by atoms with Crippen molar-refractivity contribution in [3.05, 3.63) is 47.0 Å². The number of hydrogen-bond acceptors (Lipinski definition) is 6. The summed E-state index contributed by atoms with van der Waals surface area (Å²) in [5.41, 5.74) is 0.933. The Morgan fingerprint density at radius 2 is 2.06 bits per heavy atom. The molecular formula is C21H22ClN3O4S2. The van der Waals surface area contributed by atoms with Gasteiger partial charge in [-0.15, -0.1) is 0 Å². The van der Waals surface area contributed by atoms with Gasteiger partial charge < -0.3 is 4.74 Å². The summed E-state index contributed by atoms with van der Waals surface area (Å²) in [7, 11) is -2.39. The molecule has 1 fully saturated rings. The van der Waals surface area contributed by atoms with Crippen molar-refractivity contribution in [1.29, 1.82) is 0 Å². The van der Waals surface area contributed by atoms with Crippen molar-refractivity contribution in [3.8, 4) is 5.75 Å². The molecule has 0 saturated carbocycles. The molecule has 31 heavy (non-hydrogen) atoms. The molecule has 2 aromatic carbocycles. The third-order valence-corrected chi connectivity index (χ3v) is 8.53. The summed E-state index contributed by atoms with van der Waals surface area (Å²) in [5, 5.41) is 3.75. The van der Waals surface area contributed by atoms with Gasteiger partial charge in [0.05, 0.1) is 17.3 Å². The summed E-state index contributed by atoms with van der Waals surface area (Å²) in [5.74, 6) is -0.236. The number of methoxy groups -OCH3 is 1. The number of carbonyl (C=O) groups excluding carboxylic acids is 1. The smallest absolute Gasteiger partial charge is 0.257 e. The van der Waals surface area contributed by atoms with E-state index in [9.17, 15) is 13.2 Å². The lowest BCUT2D eigenvalue weighted by molar-refractivity contribution is 0.102. The lowest BCUT2D eigenvalue weighted by atomic mass is 10.1. The number of hydrogen-bond donors (Lipinski definition) is 1. The first-order chi connectivity index (χ1) is 14.8. The molecule has 4 rings (SSSR count). The highest BCUT2D eigenvalue weighted by molar-refractivity contribution is 7.89. The maximum atomic E-state index is 13.4. The maximum absolute atomic E-state index is 13.4. The van der Waals surface area contributed by atoms with Crippen molar-refractivity contribution in [1.82, 2.24) is 9.29 Å². The summed E-state index contributed by atoms with van der Waals surface area (Å²) >= 11 is 7.31. The number of halogens is 1. The van der Waals surface area contributed by atoms with Gasteiger partial charge in [0.25, 0.3) is 5.91 Å². The van der Waals surface area contributed by atoms with Gasteiger partial charge in [0, 0.05) is 23.2 Å². The molecule has 1 aliphatic heterocycles. The minimum atomic E-state index is -3.81. The van der Waals surface area contributed by atoms with Crippen molar-refractivity contribution in [3.63, 3.8) is 0 Å². The van der Waals surface area contributed by atoms with Crippen LogP contribution in [0.2, 0.25) is 5.02 Å². The molecule has 0 spiro atoms. The number of thiazole rings is 1. The van der Waals surface area contributed by atoms with Crippen LogP contribution in [-0.4, -0.2) is 43.3 Å². The van der Waals surface area contributed by atoms with Gasteiger partial charge in [-0.05, 0) is 56.2 Å². The number of ether oxygens (including phenoxy) is 1. The Bertz CT molecular complexity index is 1240. The first kappa shape index (κ1) is 22.0. The van der Waals surface area contributed by atoms with Crippen LogP contribution < -0.4 is 10.1 Å². The second kappa shape index (κ2) is 8.74. The van der Waals surface area contributed by atoms with E-state index in [0.717, 1.165) is 29.5 Å². The second-order valence-corrected chi connectivity index (χ2v) is 10.7. The van der Waals surface area contributed by atoms with E-state index < -0.39 is 15.9 Å². The minimum absolute atomic E-state index is 0.00696. The fourth-order valence-corrected chi connectivity index (χ4v) is 6.72. The molecule has 164 valence electrons. The van der Waals surface area contributed by atoms with E-state index in [4.69, 9.17) is 16.3 Å². The Labute approximate surface area is 190 Å². The molecule has 1 saturated heterocycles. The van der Waals surface area contributed by atoms with Crippen LogP contribution in [0, 0.1) is 0 Å². The van der Waals surface area contributed by atoms with Crippen molar-refractivity contribution >= 4 is 54.2 Å². The SMILES string of the molecule is COc1ccc(C(=O)Nc2nc3ccc(Cl)cc3s2)cc1S(=O)(=O)N1CCCCC1C.